The highest BCUT2D eigenvalue weighted by atomic mass is 16.7. The van der Waals surface area contributed by atoms with Crippen LogP contribution in [0.15, 0.2) is 18.2 Å². The molecule has 5 rings (SSSR count). The van der Waals surface area contributed by atoms with Gasteiger partial charge in [0.2, 0.25) is 6.29 Å². The molecule has 5 unspecified atom stereocenters. The number of ether oxygens (including phenoxy) is 2. The van der Waals surface area contributed by atoms with Crippen molar-refractivity contribution < 1.29 is 39.5 Å². The molecule has 1 saturated heterocycles. The third-order valence-electron chi connectivity index (χ3n) is 8.47. The fourth-order valence-electron chi connectivity index (χ4n) is 6.69. The molecule has 1 heterocycles. The molecule has 1 aromatic carbocycles. The van der Waals surface area contributed by atoms with E-state index in [1.165, 1.54) is 5.56 Å². The van der Waals surface area contributed by atoms with E-state index >= 15 is 0 Å². The monoisotopic (exact) mass is 446 g/mol. The van der Waals surface area contributed by atoms with Crippen LogP contribution in [-0.4, -0.2) is 62.9 Å². The molecule has 0 bridgehead atoms. The zero-order valence-electron chi connectivity index (χ0n) is 18.0. The molecule has 1 aromatic rings. The van der Waals surface area contributed by atoms with Crippen molar-refractivity contribution in [3.8, 4) is 5.75 Å². The van der Waals surface area contributed by atoms with Gasteiger partial charge in [0.1, 0.15) is 29.8 Å². The van der Waals surface area contributed by atoms with Gasteiger partial charge in [-0.15, -0.1) is 0 Å². The van der Waals surface area contributed by atoms with Crippen molar-refractivity contribution in [2.75, 3.05) is 0 Å². The van der Waals surface area contributed by atoms with Gasteiger partial charge in [0.25, 0.3) is 0 Å². The Hall–Kier alpha value is -2.00. The zero-order chi connectivity index (χ0) is 22.8. The fourth-order valence-corrected chi connectivity index (χ4v) is 6.69. The van der Waals surface area contributed by atoms with Crippen LogP contribution >= 0.6 is 0 Å². The van der Waals surface area contributed by atoms with E-state index in [9.17, 15) is 30.0 Å². The number of aryl methyl sites for hydroxylation is 1. The summed E-state index contributed by atoms with van der Waals surface area (Å²) in [6, 6.07) is 5.69. The van der Waals surface area contributed by atoms with Crippen LogP contribution in [0.25, 0.3) is 0 Å². The lowest BCUT2D eigenvalue weighted by atomic mass is 9.55. The van der Waals surface area contributed by atoms with E-state index in [0.29, 0.717) is 35.7 Å². The molecule has 9 atom stereocenters. The van der Waals surface area contributed by atoms with Gasteiger partial charge in [-0.2, -0.15) is 0 Å². The van der Waals surface area contributed by atoms with Gasteiger partial charge in [-0.25, -0.2) is 4.79 Å². The smallest absolute Gasteiger partial charge is 0.335 e. The van der Waals surface area contributed by atoms with Gasteiger partial charge in [-0.3, -0.25) is 4.79 Å². The molecule has 1 aliphatic heterocycles. The first-order valence-electron chi connectivity index (χ1n) is 11.5. The highest BCUT2D eigenvalue weighted by Crippen LogP contribution is 2.59. The predicted molar refractivity (Wildman–Crippen MR) is 111 cm³/mol. The largest absolute Gasteiger partial charge is 0.479 e. The third-order valence-corrected chi connectivity index (χ3v) is 8.47. The summed E-state index contributed by atoms with van der Waals surface area (Å²) in [5.74, 6) is 0.773. The second-order valence-corrected chi connectivity index (χ2v) is 10.0. The van der Waals surface area contributed by atoms with Crippen molar-refractivity contribution in [3.63, 3.8) is 0 Å². The first kappa shape index (κ1) is 21.8. The summed E-state index contributed by atoms with van der Waals surface area (Å²) in [6.07, 6.45) is -2.65. The third kappa shape index (κ3) is 3.27. The first-order valence-corrected chi connectivity index (χ1v) is 11.5. The lowest BCUT2D eigenvalue weighted by Gasteiger charge is -2.48. The van der Waals surface area contributed by atoms with E-state index in [0.717, 1.165) is 37.7 Å². The molecule has 0 spiro atoms. The number of fused-ring (bicyclic) bond motifs is 5. The molecule has 0 radical (unpaired) electrons. The van der Waals surface area contributed by atoms with Crippen LogP contribution in [0.1, 0.15) is 56.1 Å². The Kier molecular flexibility index (Phi) is 5.32. The molecule has 8 nitrogen and oxygen atoms in total. The van der Waals surface area contributed by atoms with Crippen molar-refractivity contribution in [1.29, 1.82) is 0 Å². The van der Waals surface area contributed by atoms with Crippen molar-refractivity contribution >= 4 is 11.8 Å². The van der Waals surface area contributed by atoms with Gasteiger partial charge in [-0.05, 0) is 73.1 Å². The number of ketones is 1. The molecule has 174 valence electrons. The first-order chi connectivity index (χ1) is 15.2. The normalized spacial score (nSPS) is 43.2. The summed E-state index contributed by atoms with van der Waals surface area (Å²) in [6.45, 7) is 2.15. The van der Waals surface area contributed by atoms with Gasteiger partial charge < -0.3 is 29.9 Å². The highest BCUT2D eigenvalue weighted by molar-refractivity contribution is 5.87. The van der Waals surface area contributed by atoms with Crippen LogP contribution in [0.3, 0.4) is 0 Å². The lowest BCUT2D eigenvalue weighted by Crippen LogP contribution is -2.61. The summed E-state index contributed by atoms with van der Waals surface area (Å²) in [7, 11) is 0. The van der Waals surface area contributed by atoms with Crippen molar-refractivity contribution in [2.45, 2.75) is 82.1 Å². The lowest BCUT2D eigenvalue weighted by molar-refractivity contribution is -0.271. The fraction of sp³-hybridized carbons (Fsp3) is 0.667. The van der Waals surface area contributed by atoms with Crippen LogP contribution in [0.4, 0.5) is 0 Å². The number of carbonyl (C=O) groups excluding carboxylic acids is 1. The number of aliphatic carboxylic acids is 1. The van der Waals surface area contributed by atoms with Crippen LogP contribution in [-0.2, 0) is 20.7 Å². The van der Waals surface area contributed by atoms with Crippen LogP contribution in [0.2, 0.25) is 0 Å². The summed E-state index contributed by atoms with van der Waals surface area (Å²) in [4.78, 5) is 23.8. The molecule has 0 amide bonds. The van der Waals surface area contributed by atoms with Crippen LogP contribution in [0.5, 0.6) is 5.75 Å². The standard InChI is InChI=1S/C24H30O8/c1-24-9-8-14-13-5-3-12(10-11(13)2-4-15(14)16(24)6-7-17(24)25)31-23-20(28)18(26)19(27)21(32-23)22(29)30/h3,5,10,14-16,18-21,23,26-28H,2,4,6-9H2,1H3,(H,29,30)/t14?,15?,16?,18-,19+,20?,21?,23-,24+/m1/s1. The van der Waals surface area contributed by atoms with Gasteiger partial charge in [0.05, 0.1) is 0 Å². The van der Waals surface area contributed by atoms with Crippen molar-refractivity contribution in [1.82, 2.24) is 0 Å². The number of benzene rings is 1. The topological polar surface area (TPSA) is 134 Å². The molecule has 3 aliphatic carbocycles. The quantitative estimate of drug-likeness (QED) is 0.547. The van der Waals surface area contributed by atoms with Crippen molar-refractivity contribution in [3.05, 3.63) is 29.3 Å². The van der Waals surface area contributed by atoms with E-state index in [1.807, 2.05) is 12.1 Å². The second-order valence-electron chi connectivity index (χ2n) is 10.0. The number of carboxylic acids is 1. The van der Waals surface area contributed by atoms with E-state index in [4.69, 9.17) is 9.47 Å². The summed E-state index contributed by atoms with van der Waals surface area (Å²) in [5.41, 5.74) is 2.26. The van der Waals surface area contributed by atoms with Crippen LogP contribution in [0, 0.1) is 17.3 Å². The maximum Gasteiger partial charge on any atom is 0.335 e. The average Bonchev–Trinajstić information content (AvgIpc) is 3.08. The Morgan fingerprint density at radius 3 is 2.62 bits per heavy atom. The maximum absolute atomic E-state index is 12.5. The minimum absolute atomic E-state index is 0.164. The molecule has 32 heavy (non-hydrogen) atoms. The number of aliphatic hydroxyl groups excluding tert-OH is 3. The van der Waals surface area contributed by atoms with Crippen molar-refractivity contribution in [2.24, 2.45) is 17.3 Å². The predicted octanol–water partition coefficient (Wildman–Crippen LogP) is 1.38. The molecule has 8 heteroatoms. The molecule has 0 aromatic heterocycles. The second kappa shape index (κ2) is 7.80. The van der Waals surface area contributed by atoms with E-state index in [1.54, 1.807) is 6.07 Å². The van der Waals surface area contributed by atoms with E-state index in [2.05, 4.69) is 6.92 Å². The summed E-state index contributed by atoms with van der Waals surface area (Å²) < 4.78 is 10.9. The van der Waals surface area contributed by atoms with Gasteiger partial charge in [0.15, 0.2) is 6.10 Å². The molecular weight excluding hydrogens is 416 g/mol. The Balaban J connectivity index is 1.35. The number of hydrogen-bond donors (Lipinski definition) is 4. The summed E-state index contributed by atoms with van der Waals surface area (Å²) in [5, 5.41) is 39.3. The molecule has 3 fully saturated rings. The average molecular weight is 446 g/mol. The molecule has 4 aliphatic rings. The van der Waals surface area contributed by atoms with Gasteiger partial charge >= 0.3 is 5.97 Å². The number of Topliss-reactive ketones (excluding diaryl/α,β-unsaturated/α-hetero) is 1. The van der Waals surface area contributed by atoms with E-state index in [-0.39, 0.29) is 5.41 Å². The highest BCUT2D eigenvalue weighted by Gasteiger charge is 2.54. The number of carboxylic acid groups (broad SMARTS) is 1. The van der Waals surface area contributed by atoms with Crippen LogP contribution < -0.4 is 4.74 Å². The van der Waals surface area contributed by atoms with Gasteiger partial charge in [-0.1, -0.05) is 13.0 Å². The maximum atomic E-state index is 12.5. The zero-order valence-corrected chi connectivity index (χ0v) is 18.0. The minimum atomic E-state index is -1.75. The number of aliphatic hydroxyl groups is 3. The summed E-state index contributed by atoms with van der Waals surface area (Å²) >= 11 is 0. The molecule has 4 N–H and O–H groups in total. The minimum Gasteiger partial charge on any atom is -0.479 e. The molecular formula is C24H30O8. The Labute approximate surface area is 186 Å². The van der Waals surface area contributed by atoms with E-state index < -0.39 is 36.7 Å². The Morgan fingerprint density at radius 2 is 1.88 bits per heavy atom. The Bertz CT molecular complexity index is 931. The number of hydrogen-bond acceptors (Lipinski definition) is 7. The van der Waals surface area contributed by atoms with Gasteiger partial charge in [0, 0.05) is 11.8 Å². The SMILES string of the molecule is C[C@]12CCC3c4ccc(O[C@@H]5OC(C(=O)O)[C@@H](O)[C@@H](O)C5O)cc4CCC3C1CCC2=O. The number of carbonyl (C=O) groups is 2. The Morgan fingerprint density at radius 1 is 1.09 bits per heavy atom. The molecule has 2 saturated carbocycles. The number of rotatable bonds is 3.